The Morgan fingerprint density at radius 3 is 2.70 bits per heavy atom. The number of halogens is 1. The molecule has 1 N–H and O–H groups in total. The lowest BCUT2D eigenvalue weighted by Gasteiger charge is -2.08. The molecule has 0 radical (unpaired) electrons. The van der Waals surface area contributed by atoms with E-state index in [0.29, 0.717) is 24.9 Å². The van der Waals surface area contributed by atoms with Crippen LogP contribution >= 0.6 is 0 Å². The van der Waals surface area contributed by atoms with Gasteiger partial charge in [-0.1, -0.05) is 19.9 Å². The number of hydrogen-bond acceptors (Lipinski definition) is 3. The van der Waals surface area contributed by atoms with Crippen molar-refractivity contribution in [2.45, 2.75) is 40.0 Å². The van der Waals surface area contributed by atoms with Crippen LogP contribution in [0.3, 0.4) is 0 Å². The summed E-state index contributed by atoms with van der Waals surface area (Å²) in [6.45, 7) is 7.04. The van der Waals surface area contributed by atoms with Gasteiger partial charge in [-0.05, 0) is 30.7 Å². The van der Waals surface area contributed by atoms with E-state index in [1.54, 1.807) is 6.07 Å². The Balaban J connectivity index is 1.92. The first-order valence-electron chi connectivity index (χ1n) is 6.74. The van der Waals surface area contributed by atoms with Crippen LogP contribution in [0, 0.1) is 12.7 Å². The van der Waals surface area contributed by atoms with Crippen LogP contribution in [0.4, 0.5) is 4.39 Å². The molecular formula is C16H20FNO2. The zero-order valence-electron chi connectivity index (χ0n) is 12.1. The molecule has 0 aliphatic heterocycles. The first-order valence-corrected chi connectivity index (χ1v) is 6.74. The quantitative estimate of drug-likeness (QED) is 0.872. The van der Waals surface area contributed by atoms with Gasteiger partial charge in [-0.15, -0.1) is 0 Å². The molecule has 4 heteroatoms. The highest BCUT2D eigenvalue weighted by Gasteiger charge is 2.06. The van der Waals surface area contributed by atoms with Gasteiger partial charge < -0.3 is 14.5 Å². The van der Waals surface area contributed by atoms with Gasteiger partial charge in [-0.25, -0.2) is 4.39 Å². The monoisotopic (exact) mass is 277 g/mol. The minimum Gasteiger partial charge on any atom is -0.485 e. The van der Waals surface area contributed by atoms with Crippen molar-refractivity contribution in [3.05, 3.63) is 53.2 Å². The third-order valence-corrected chi connectivity index (χ3v) is 2.92. The molecule has 1 aromatic carbocycles. The number of hydrogen-bond donors (Lipinski definition) is 1. The molecule has 0 atom stereocenters. The number of ether oxygens (including phenoxy) is 1. The number of aryl methyl sites for hydroxylation is 1. The molecule has 0 fully saturated rings. The summed E-state index contributed by atoms with van der Waals surface area (Å²) in [6, 6.07) is 8.72. The molecule has 2 rings (SSSR count). The van der Waals surface area contributed by atoms with E-state index in [2.05, 4.69) is 19.2 Å². The topological polar surface area (TPSA) is 34.4 Å². The van der Waals surface area contributed by atoms with Crippen molar-refractivity contribution < 1.29 is 13.5 Å². The SMILES string of the molecule is Cc1ccc(F)cc1OCc1ccc(CNC(C)C)o1. The van der Waals surface area contributed by atoms with Crippen molar-refractivity contribution >= 4 is 0 Å². The Kier molecular flexibility index (Phi) is 4.79. The lowest BCUT2D eigenvalue weighted by Crippen LogP contribution is -2.21. The highest BCUT2D eigenvalue weighted by atomic mass is 19.1. The second kappa shape index (κ2) is 6.57. The van der Waals surface area contributed by atoms with Crippen LogP contribution in [-0.4, -0.2) is 6.04 Å². The molecule has 1 heterocycles. The average molecular weight is 277 g/mol. The Hall–Kier alpha value is -1.81. The Morgan fingerprint density at radius 2 is 1.95 bits per heavy atom. The maximum absolute atomic E-state index is 13.1. The third kappa shape index (κ3) is 4.10. The van der Waals surface area contributed by atoms with Gasteiger partial charge in [0.05, 0.1) is 6.54 Å². The van der Waals surface area contributed by atoms with E-state index in [9.17, 15) is 4.39 Å². The van der Waals surface area contributed by atoms with Crippen molar-refractivity contribution in [2.24, 2.45) is 0 Å². The zero-order chi connectivity index (χ0) is 14.5. The fraction of sp³-hybridized carbons (Fsp3) is 0.375. The Morgan fingerprint density at radius 1 is 1.20 bits per heavy atom. The number of furan rings is 1. The summed E-state index contributed by atoms with van der Waals surface area (Å²) in [6.07, 6.45) is 0. The minimum absolute atomic E-state index is 0.298. The van der Waals surface area contributed by atoms with Gasteiger partial charge in [-0.2, -0.15) is 0 Å². The van der Waals surface area contributed by atoms with Crippen molar-refractivity contribution in [2.75, 3.05) is 0 Å². The predicted octanol–water partition coefficient (Wildman–Crippen LogP) is 3.80. The summed E-state index contributed by atoms with van der Waals surface area (Å²) in [5.41, 5.74) is 0.902. The summed E-state index contributed by atoms with van der Waals surface area (Å²) in [7, 11) is 0. The standard InChI is InChI=1S/C16H20FNO2/c1-11(2)18-9-14-6-7-15(20-14)10-19-16-8-13(17)5-4-12(16)3/h4-8,11,18H,9-10H2,1-3H3. The molecule has 0 amide bonds. The van der Waals surface area contributed by atoms with Crippen LogP contribution in [0.25, 0.3) is 0 Å². The fourth-order valence-electron chi connectivity index (χ4n) is 1.78. The normalized spacial score (nSPS) is 11.1. The second-order valence-corrected chi connectivity index (χ2v) is 5.10. The molecule has 108 valence electrons. The predicted molar refractivity (Wildman–Crippen MR) is 76.2 cm³/mol. The number of benzene rings is 1. The molecule has 0 bridgehead atoms. The van der Waals surface area contributed by atoms with E-state index in [0.717, 1.165) is 17.1 Å². The van der Waals surface area contributed by atoms with E-state index >= 15 is 0 Å². The summed E-state index contributed by atoms with van der Waals surface area (Å²) in [5.74, 6) is 1.85. The molecule has 0 aliphatic carbocycles. The average Bonchev–Trinajstić information content (AvgIpc) is 2.85. The van der Waals surface area contributed by atoms with E-state index in [1.807, 2.05) is 19.1 Å². The lowest BCUT2D eigenvalue weighted by molar-refractivity contribution is 0.262. The molecule has 3 nitrogen and oxygen atoms in total. The summed E-state index contributed by atoms with van der Waals surface area (Å²) in [5, 5.41) is 3.28. The Bertz CT molecular complexity index is 563. The molecule has 0 spiro atoms. The smallest absolute Gasteiger partial charge is 0.146 e. The van der Waals surface area contributed by atoms with E-state index in [4.69, 9.17) is 9.15 Å². The van der Waals surface area contributed by atoms with Crippen LogP contribution in [0.5, 0.6) is 5.75 Å². The molecule has 0 unspecified atom stereocenters. The lowest BCUT2D eigenvalue weighted by atomic mass is 10.2. The van der Waals surface area contributed by atoms with Crippen molar-refractivity contribution in [3.63, 3.8) is 0 Å². The Labute approximate surface area is 118 Å². The molecule has 0 saturated carbocycles. The molecular weight excluding hydrogens is 257 g/mol. The molecule has 1 aromatic heterocycles. The van der Waals surface area contributed by atoms with Crippen LogP contribution in [0.2, 0.25) is 0 Å². The third-order valence-electron chi connectivity index (χ3n) is 2.92. The second-order valence-electron chi connectivity index (χ2n) is 5.10. The number of rotatable bonds is 6. The van der Waals surface area contributed by atoms with Crippen molar-refractivity contribution in [3.8, 4) is 5.75 Å². The van der Waals surface area contributed by atoms with Crippen molar-refractivity contribution in [1.29, 1.82) is 0 Å². The highest BCUT2D eigenvalue weighted by Crippen LogP contribution is 2.20. The van der Waals surface area contributed by atoms with Crippen LogP contribution in [-0.2, 0) is 13.2 Å². The van der Waals surface area contributed by atoms with Gasteiger partial charge in [-0.3, -0.25) is 0 Å². The summed E-state index contributed by atoms with van der Waals surface area (Å²) >= 11 is 0. The summed E-state index contributed by atoms with van der Waals surface area (Å²) in [4.78, 5) is 0. The van der Waals surface area contributed by atoms with E-state index in [1.165, 1.54) is 12.1 Å². The van der Waals surface area contributed by atoms with Gasteiger partial charge in [0.25, 0.3) is 0 Å². The van der Waals surface area contributed by atoms with Crippen LogP contribution in [0.1, 0.15) is 30.9 Å². The van der Waals surface area contributed by atoms with Crippen LogP contribution in [0.15, 0.2) is 34.7 Å². The first kappa shape index (κ1) is 14.6. The minimum atomic E-state index is -0.299. The number of nitrogens with one attached hydrogen (secondary N) is 1. The van der Waals surface area contributed by atoms with Gasteiger partial charge >= 0.3 is 0 Å². The maximum Gasteiger partial charge on any atom is 0.146 e. The maximum atomic E-state index is 13.1. The first-order chi connectivity index (χ1) is 9.54. The van der Waals surface area contributed by atoms with Crippen LogP contribution < -0.4 is 10.1 Å². The van der Waals surface area contributed by atoms with Gasteiger partial charge in [0.2, 0.25) is 0 Å². The molecule has 0 aliphatic rings. The largest absolute Gasteiger partial charge is 0.485 e. The van der Waals surface area contributed by atoms with Crippen molar-refractivity contribution in [1.82, 2.24) is 5.32 Å². The van der Waals surface area contributed by atoms with Gasteiger partial charge in [0, 0.05) is 12.1 Å². The van der Waals surface area contributed by atoms with E-state index < -0.39 is 0 Å². The van der Waals surface area contributed by atoms with Gasteiger partial charge in [0.15, 0.2) is 0 Å². The zero-order valence-corrected chi connectivity index (χ0v) is 12.1. The molecule has 0 saturated heterocycles. The van der Waals surface area contributed by atoms with Gasteiger partial charge in [0.1, 0.15) is 29.7 Å². The summed E-state index contributed by atoms with van der Waals surface area (Å²) < 4.78 is 24.4. The highest BCUT2D eigenvalue weighted by molar-refractivity contribution is 5.32. The molecule has 20 heavy (non-hydrogen) atoms. The van der Waals surface area contributed by atoms with E-state index in [-0.39, 0.29) is 5.82 Å². The fourth-order valence-corrected chi connectivity index (χ4v) is 1.78. The molecule has 2 aromatic rings.